The van der Waals surface area contributed by atoms with Crippen molar-refractivity contribution in [3.8, 4) is 11.4 Å². The number of carbonyl (C=O) groups excluding carboxylic acids is 1. The molecule has 2 aliphatic rings. The van der Waals surface area contributed by atoms with Crippen molar-refractivity contribution in [1.29, 1.82) is 0 Å². The lowest BCUT2D eigenvalue weighted by Gasteiger charge is -2.21. The highest BCUT2D eigenvalue weighted by Gasteiger charge is 2.29. The zero-order valence-electron chi connectivity index (χ0n) is 14.2. The number of rotatable bonds is 3. The number of aryl methyl sites for hydroxylation is 2. The number of hydrogen-bond donors (Lipinski definition) is 2. The number of aliphatic hydroxyl groups is 1. The number of aromatic nitrogens is 2. The third-order valence-corrected chi connectivity index (χ3v) is 5.00. The zero-order valence-corrected chi connectivity index (χ0v) is 14.2. The van der Waals surface area contributed by atoms with Crippen molar-refractivity contribution in [2.45, 2.75) is 44.8 Å². The lowest BCUT2D eigenvalue weighted by atomic mass is 10.0. The van der Waals surface area contributed by atoms with Crippen molar-refractivity contribution in [3.05, 3.63) is 35.2 Å². The Morgan fingerprint density at radius 2 is 2.32 bits per heavy atom. The van der Waals surface area contributed by atoms with E-state index in [4.69, 9.17) is 4.52 Å². The first-order valence-electron chi connectivity index (χ1n) is 8.83. The van der Waals surface area contributed by atoms with Gasteiger partial charge in [-0.05, 0) is 36.5 Å². The minimum Gasteiger partial charge on any atom is -0.391 e. The van der Waals surface area contributed by atoms with Gasteiger partial charge < -0.3 is 19.8 Å². The minimum atomic E-state index is -0.396. The van der Waals surface area contributed by atoms with E-state index < -0.39 is 6.10 Å². The van der Waals surface area contributed by atoms with Crippen molar-refractivity contribution in [3.63, 3.8) is 0 Å². The van der Waals surface area contributed by atoms with Gasteiger partial charge in [0.2, 0.25) is 11.7 Å². The van der Waals surface area contributed by atoms with E-state index >= 15 is 0 Å². The number of carbonyl (C=O) groups is 1. The summed E-state index contributed by atoms with van der Waals surface area (Å²) in [7, 11) is 0. The van der Waals surface area contributed by atoms with Crippen LogP contribution in [0.2, 0.25) is 0 Å². The van der Waals surface area contributed by atoms with Crippen LogP contribution in [0.3, 0.4) is 0 Å². The van der Waals surface area contributed by atoms with E-state index in [2.05, 4.69) is 21.5 Å². The molecule has 2 atom stereocenters. The first-order valence-corrected chi connectivity index (χ1v) is 8.83. The van der Waals surface area contributed by atoms with Crippen molar-refractivity contribution in [2.24, 2.45) is 0 Å². The van der Waals surface area contributed by atoms with Gasteiger partial charge in [-0.3, -0.25) is 0 Å². The van der Waals surface area contributed by atoms with E-state index in [-0.39, 0.29) is 12.1 Å². The largest absolute Gasteiger partial charge is 0.391 e. The van der Waals surface area contributed by atoms with Crippen LogP contribution >= 0.6 is 0 Å². The maximum absolute atomic E-state index is 12.4. The molecular formula is C18H22N4O3. The number of urea groups is 1. The molecule has 1 aliphatic carbocycles. The van der Waals surface area contributed by atoms with Crippen molar-refractivity contribution in [2.75, 3.05) is 13.1 Å². The lowest BCUT2D eigenvalue weighted by molar-refractivity contribution is 0.170. The average Bonchev–Trinajstić information content (AvgIpc) is 3.34. The van der Waals surface area contributed by atoms with Gasteiger partial charge >= 0.3 is 6.03 Å². The van der Waals surface area contributed by atoms with Crippen LogP contribution in [0.4, 0.5) is 4.79 Å². The number of likely N-dealkylation sites (tertiary alicyclic amines) is 1. The summed E-state index contributed by atoms with van der Waals surface area (Å²) in [6, 6.07) is 6.04. The van der Waals surface area contributed by atoms with Gasteiger partial charge in [0.15, 0.2) is 0 Å². The van der Waals surface area contributed by atoms with Crippen LogP contribution in [0.25, 0.3) is 11.4 Å². The molecule has 1 saturated heterocycles. The van der Waals surface area contributed by atoms with Crippen LogP contribution in [-0.2, 0) is 12.8 Å². The van der Waals surface area contributed by atoms with Gasteiger partial charge in [-0.2, -0.15) is 4.98 Å². The maximum Gasteiger partial charge on any atom is 0.317 e. The topological polar surface area (TPSA) is 91.5 Å². The third-order valence-electron chi connectivity index (χ3n) is 5.00. The molecule has 132 valence electrons. The van der Waals surface area contributed by atoms with Gasteiger partial charge in [0.1, 0.15) is 0 Å². The number of nitrogens with one attached hydrogen (secondary N) is 1. The van der Waals surface area contributed by atoms with E-state index in [0.717, 1.165) is 30.4 Å². The highest BCUT2D eigenvalue weighted by Crippen LogP contribution is 2.34. The molecular weight excluding hydrogens is 320 g/mol. The Hall–Kier alpha value is -2.41. The fraction of sp³-hybridized carbons (Fsp3) is 0.500. The van der Waals surface area contributed by atoms with Crippen LogP contribution in [0.5, 0.6) is 0 Å². The summed E-state index contributed by atoms with van der Waals surface area (Å²) in [4.78, 5) is 18.4. The number of aliphatic hydroxyl groups excluding tert-OH is 1. The molecule has 2 amide bonds. The summed E-state index contributed by atoms with van der Waals surface area (Å²) in [5, 5.41) is 16.7. The molecule has 4 rings (SSSR count). The molecule has 0 radical (unpaired) electrons. The Bertz CT molecular complexity index is 788. The van der Waals surface area contributed by atoms with E-state index in [1.165, 1.54) is 5.56 Å². The van der Waals surface area contributed by atoms with Crippen molar-refractivity contribution >= 4 is 6.03 Å². The monoisotopic (exact) mass is 342 g/mol. The molecule has 1 aliphatic heterocycles. The van der Waals surface area contributed by atoms with Crippen LogP contribution in [0.15, 0.2) is 22.7 Å². The molecule has 2 N–H and O–H groups in total. The molecule has 0 saturated carbocycles. The second kappa shape index (κ2) is 6.48. The molecule has 0 bridgehead atoms. The van der Waals surface area contributed by atoms with Gasteiger partial charge in [0.05, 0.1) is 12.1 Å². The second-order valence-corrected chi connectivity index (χ2v) is 6.71. The van der Waals surface area contributed by atoms with Crippen LogP contribution in [0, 0.1) is 0 Å². The number of amides is 2. The third kappa shape index (κ3) is 3.11. The quantitative estimate of drug-likeness (QED) is 0.891. The predicted octanol–water partition coefficient (Wildman–Crippen LogP) is 2.06. The molecule has 1 aromatic carbocycles. The molecule has 2 heterocycles. The number of β-amino-alcohol motifs (C(OH)–C–C–N with tert-alkyl or cyclic N) is 1. The molecule has 1 fully saturated rings. The summed E-state index contributed by atoms with van der Waals surface area (Å²) < 4.78 is 5.18. The highest BCUT2D eigenvalue weighted by molar-refractivity contribution is 5.75. The molecule has 0 spiro atoms. The van der Waals surface area contributed by atoms with E-state index in [9.17, 15) is 9.90 Å². The van der Waals surface area contributed by atoms with E-state index in [0.29, 0.717) is 31.2 Å². The summed E-state index contributed by atoms with van der Waals surface area (Å²) in [5.41, 5.74) is 3.31. The van der Waals surface area contributed by atoms with E-state index in [1.807, 2.05) is 19.1 Å². The Labute approximate surface area is 146 Å². The number of hydrogen-bond acceptors (Lipinski definition) is 5. The van der Waals surface area contributed by atoms with Crippen LogP contribution in [0.1, 0.15) is 42.8 Å². The van der Waals surface area contributed by atoms with Gasteiger partial charge in [-0.15, -0.1) is 0 Å². The summed E-state index contributed by atoms with van der Waals surface area (Å²) in [6.45, 7) is 3.01. The second-order valence-electron chi connectivity index (χ2n) is 6.71. The normalized spacial score (nSPS) is 22.2. The predicted molar refractivity (Wildman–Crippen MR) is 90.9 cm³/mol. The SMILES string of the molecule is CCc1nc(-c2ccc3c(c2)CC[C@H]3NC(=O)N2CC[C@@H](O)C2)no1. The van der Waals surface area contributed by atoms with Crippen LogP contribution in [-0.4, -0.2) is 45.4 Å². The first-order chi connectivity index (χ1) is 12.1. The standard InChI is InChI=1S/C18H22N4O3/c1-2-16-20-17(21-25-16)12-3-5-14-11(9-12)4-6-15(14)19-18(24)22-8-7-13(23)10-22/h3,5,9,13,15,23H,2,4,6-8,10H2,1H3,(H,19,24)/t13-,15-/m1/s1. The van der Waals surface area contributed by atoms with Gasteiger partial charge in [0, 0.05) is 25.1 Å². The maximum atomic E-state index is 12.4. The van der Waals surface area contributed by atoms with Gasteiger partial charge in [-0.25, -0.2) is 4.79 Å². The number of nitrogens with zero attached hydrogens (tertiary/aromatic N) is 3. The molecule has 7 nitrogen and oxygen atoms in total. The van der Waals surface area contributed by atoms with Gasteiger partial charge in [0.25, 0.3) is 0 Å². The number of benzene rings is 1. The highest BCUT2D eigenvalue weighted by atomic mass is 16.5. The Balaban J connectivity index is 1.48. The minimum absolute atomic E-state index is 0.0192. The first kappa shape index (κ1) is 16.1. The smallest absolute Gasteiger partial charge is 0.317 e. The van der Waals surface area contributed by atoms with Crippen molar-refractivity contribution < 1.29 is 14.4 Å². The summed E-state index contributed by atoms with van der Waals surface area (Å²) in [5.74, 6) is 1.24. The summed E-state index contributed by atoms with van der Waals surface area (Å²) in [6.07, 6.45) is 2.77. The Morgan fingerprint density at radius 1 is 1.44 bits per heavy atom. The molecule has 2 aromatic rings. The average molecular weight is 342 g/mol. The lowest BCUT2D eigenvalue weighted by Crippen LogP contribution is -2.40. The molecule has 7 heteroatoms. The Morgan fingerprint density at radius 3 is 3.04 bits per heavy atom. The molecule has 25 heavy (non-hydrogen) atoms. The van der Waals surface area contributed by atoms with Gasteiger partial charge in [-0.1, -0.05) is 24.2 Å². The zero-order chi connectivity index (χ0) is 17.4. The fourth-order valence-corrected chi connectivity index (χ4v) is 3.59. The number of fused-ring (bicyclic) bond motifs is 1. The van der Waals surface area contributed by atoms with Crippen LogP contribution < -0.4 is 5.32 Å². The molecule has 1 aromatic heterocycles. The summed E-state index contributed by atoms with van der Waals surface area (Å²) >= 11 is 0. The van der Waals surface area contributed by atoms with Crippen molar-refractivity contribution in [1.82, 2.24) is 20.4 Å². The van der Waals surface area contributed by atoms with E-state index in [1.54, 1.807) is 4.90 Å². The molecule has 0 unspecified atom stereocenters. The fourth-order valence-electron chi connectivity index (χ4n) is 3.59. The Kier molecular flexibility index (Phi) is 4.17.